The summed E-state index contributed by atoms with van der Waals surface area (Å²) in [6.07, 6.45) is -3.96. The van der Waals surface area contributed by atoms with Gasteiger partial charge in [0.25, 0.3) is 0 Å². The summed E-state index contributed by atoms with van der Waals surface area (Å²) in [5, 5.41) is 2.93. The summed E-state index contributed by atoms with van der Waals surface area (Å²) in [5.74, 6) is 5.46. The van der Waals surface area contributed by atoms with Gasteiger partial charge in [-0.1, -0.05) is 5.92 Å². The van der Waals surface area contributed by atoms with E-state index < -0.39 is 12.6 Å². The third kappa shape index (κ3) is 11.3. The van der Waals surface area contributed by atoms with E-state index in [4.69, 9.17) is 0 Å². The van der Waals surface area contributed by atoms with Crippen LogP contribution in [0, 0.1) is 11.8 Å². The third-order valence-corrected chi connectivity index (χ3v) is 1.45. The summed E-state index contributed by atoms with van der Waals surface area (Å²) in [7, 11) is 0. The van der Waals surface area contributed by atoms with Gasteiger partial charge in [-0.05, 0) is 26.3 Å². The highest BCUT2D eigenvalue weighted by Gasteiger charge is 2.25. The lowest BCUT2D eigenvalue weighted by Crippen LogP contribution is -2.16. The van der Waals surface area contributed by atoms with E-state index in [-0.39, 0.29) is 6.42 Å². The number of halogens is 3. The van der Waals surface area contributed by atoms with Gasteiger partial charge in [-0.3, -0.25) is 0 Å². The molecule has 0 saturated carbocycles. The maximum Gasteiger partial charge on any atom is 0.389 e. The molecule has 0 amide bonds. The molecule has 0 unspecified atom stereocenters. The summed E-state index contributed by atoms with van der Waals surface area (Å²) in [6, 6.07) is 0. The van der Waals surface area contributed by atoms with Gasteiger partial charge in [0.15, 0.2) is 0 Å². The number of hydrogen-bond acceptors (Lipinski definition) is 1. The minimum absolute atomic E-state index is 0.191. The van der Waals surface area contributed by atoms with Gasteiger partial charge in [0.2, 0.25) is 0 Å². The summed E-state index contributed by atoms with van der Waals surface area (Å²) >= 11 is 0. The van der Waals surface area contributed by atoms with Crippen molar-refractivity contribution in [2.75, 3.05) is 13.1 Å². The first kappa shape index (κ1) is 12.3. The highest BCUT2D eigenvalue weighted by atomic mass is 19.4. The highest BCUT2D eigenvalue weighted by Crippen LogP contribution is 2.21. The van der Waals surface area contributed by atoms with Crippen molar-refractivity contribution in [2.24, 2.45) is 0 Å². The van der Waals surface area contributed by atoms with Gasteiger partial charge >= 0.3 is 6.18 Å². The van der Waals surface area contributed by atoms with E-state index >= 15 is 0 Å². The minimum Gasteiger partial charge on any atom is -0.306 e. The van der Waals surface area contributed by atoms with Crippen molar-refractivity contribution in [2.45, 2.75) is 32.4 Å². The first-order valence-electron chi connectivity index (χ1n) is 4.23. The molecule has 1 nitrogen and oxygen atoms in total. The average molecular weight is 193 g/mol. The second-order valence-electron chi connectivity index (χ2n) is 2.68. The molecule has 0 aromatic rings. The van der Waals surface area contributed by atoms with Crippen molar-refractivity contribution >= 4 is 0 Å². The van der Waals surface area contributed by atoms with Crippen LogP contribution in [0.4, 0.5) is 13.2 Å². The molecule has 0 bridgehead atoms. The normalized spacial score (nSPS) is 10.8. The first-order chi connectivity index (χ1) is 6.06. The van der Waals surface area contributed by atoms with Gasteiger partial charge in [-0.25, -0.2) is 0 Å². The van der Waals surface area contributed by atoms with E-state index in [1.54, 1.807) is 6.92 Å². The topological polar surface area (TPSA) is 12.0 Å². The van der Waals surface area contributed by atoms with Crippen molar-refractivity contribution in [3.8, 4) is 11.8 Å². The van der Waals surface area contributed by atoms with Crippen LogP contribution in [0.15, 0.2) is 0 Å². The quantitative estimate of drug-likeness (QED) is 0.522. The monoisotopic (exact) mass is 193 g/mol. The van der Waals surface area contributed by atoms with Crippen molar-refractivity contribution in [3.05, 3.63) is 0 Å². The van der Waals surface area contributed by atoms with Crippen LogP contribution in [-0.4, -0.2) is 19.3 Å². The SMILES string of the molecule is CC#CCNCCCCC(F)(F)F. The lowest BCUT2D eigenvalue weighted by atomic mass is 10.2. The Morgan fingerprint density at radius 2 is 1.92 bits per heavy atom. The highest BCUT2D eigenvalue weighted by molar-refractivity contribution is 4.96. The fourth-order valence-electron chi connectivity index (χ4n) is 0.815. The molecular formula is C9H14F3N. The van der Waals surface area contributed by atoms with E-state index in [1.165, 1.54) is 0 Å². The lowest BCUT2D eigenvalue weighted by Gasteiger charge is -2.05. The Kier molecular flexibility index (Phi) is 6.43. The Morgan fingerprint density at radius 3 is 2.46 bits per heavy atom. The zero-order chi connectivity index (χ0) is 10.2. The smallest absolute Gasteiger partial charge is 0.306 e. The molecule has 0 aliphatic carbocycles. The first-order valence-corrected chi connectivity index (χ1v) is 4.23. The van der Waals surface area contributed by atoms with Gasteiger partial charge in [0.05, 0.1) is 6.54 Å². The molecule has 0 aromatic heterocycles. The predicted molar refractivity (Wildman–Crippen MR) is 46.2 cm³/mol. The molecule has 13 heavy (non-hydrogen) atoms. The molecule has 0 heterocycles. The zero-order valence-electron chi connectivity index (χ0n) is 7.67. The predicted octanol–water partition coefficient (Wildman–Crippen LogP) is 2.33. The second-order valence-corrected chi connectivity index (χ2v) is 2.68. The minimum atomic E-state index is -4.01. The lowest BCUT2D eigenvalue weighted by molar-refractivity contribution is -0.135. The number of rotatable bonds is 5. The molecule has 0 radical (unpaired) electrons. The molecule has 0 rings (SSSR count). The van der Waals surface area contributed by atoms with Crippen molar-refractivity contribution < 1.29 is 13.2 Å². The third-order valence-electron chi connectivity index (χ3n) is 1.45. The molecule has 0 atom stereocenters. The van der Waals surface area contributed by atoms with E-state index in [0.29, 0.717) is 19.5 Å². The summed E-state index contributed by atoms with van der Waals surface area (Å²) in [5.41, 5.74) is 0. The number of unbranched alkanes of at least 4 members (excludes halogenated alkanes) is 1. The van der Waals surface area contributed by atoms with Crippen molar-refractivity contribution in [1.82, 2.24) is 5.32 Å². The Bertz CT molecular complexity index is 176. The van der Waals surface area contributed by atoms with Crippen LogP contribution in [-0.2, 0) is 0 Å². The zero-order valence-corrected chi connectivity index (χ0v) is 7.67. The average Bonchev–Trinajstić information content (AvgIpc) is 2.01. The Balaban J connectivity index is 3.12. The Labute approximate surface area is 76.7 Å². The standard InChI is InChI=1S/C9H14F3N/c1-2-3-7-13-8-5-4-6-9(10,11)12/h13H,4-8H2,1H3. The van der Waals surface area contributed by atoms with E-state index in [2.05, 4.69) is 17.2 Å². The number of nitrogens with one attached hydrogen (secondary N) is 1. The molecule has 0 fully saturated rings. The second kappa shape index (κ2) is 6.79. The fraction of sp³-hybridized carbons (Fsp3) is 0.778. The van der Waals surface area contributed by atoms with Gasteiger partial charge in [-0.15, -0.1) is 5.92 Å². The summed E-state index contributed by atoms with van der Waals surface area (Å²) < 4.78 is 34.9. The Morgan fingerprint density at radius 1 is 1.23 bits per heavy atom. The molecule has 0 aliphatic heterocycles. The fourth-order valence-corrected chi connectivity index (χ4v) is 0.815. The maximum atomic E-state index is 11.6. The van der Waals surface area contributed by atoms with Crippen LogP contribution >= 0.6 is 0 Å². The van der Waals surface area contributed by atoms with Crippen LogP contribution in [0.5, 0.6) is 0 Å². The largest absolute Gasteiger partial charge is 0.389 e. The number of alkyl halides is 3. The van der Waals surface area contributed by atoms with E-state index in [1.807, 2.05) is 0 Å². The number of hydrogen-bond donors (Lipinski definition) is 1. The molecule has 76 valence electrons. The molecule has 4 heteroatoms. The molecular weight excluding hydrogens is 179 g/mol. The van der Waals surface area contributed by atoms with Crippen molar-refractivity contribution in [3.63, 3.8) is 0 Å². The molecule has 0 aliphatic rings. The van der Waals surface area contributed by atoms with Crippen LogP contribution < -0.4 is 5.32 Å². The molecule has 0 saturated heterocycles. The summed E-state index contributed by atoms with van der Waals surface area (Å²) in [4.78, 5) is 0. The van der Waals surface area contributed by atoms with Gasteiger partial charge in [0.1, 0.15) is 0 Å². The van der Waals surface area contributed by atoms with Gasteiger partial charge < -0.3 is 5.32 Å². The van der Waals surface area contributed by atoms with Crippen LogP contribution in [0.1, 0.15) is 26.2 Å². The Hall–Kier alpha value is -0.690. The summed E-state index contributed by atoms with van der Waals surface area (Å²) in [6.45, 7) is 2.89. The molecule has 1 N–H and O–H groups in total. The molecule has 0 aromatic carbocycles. The van der Waals surface area contributed by atoms with Crippen LogP contribution in [0.2, 0.25) is 0 Å². The van der Waals surface area contributed by atoms with E-state index in [0.717, 1.165) is 0 Å². The maximum absolute atomic E-state index is 11.6. The molecule has 0 spiro atoms. The van der Waals surface area contributed by atoms with Crippen LogP contribution in [0.3, 0.4) is 0 Å². The van der Waals surface area contributed by atoms with E-state index in [9.17, 15) is 13.2 Å². The van der Waals surface area contributed by atoms with Crippen LogP contribution in [0.25, 0.3) is 0 Å². The van der Waals surface area contributed by atoms with Gasteiger partial charge in [-0.2, -0.15) is 13.2 Å². The van der Waals surface area contributed by atoms with Crippen molar-refractivity contribution in [1.29, 1.82) is 0 Å². The van der Waals surface area contributed by atoms with Gasteiger partial charge in [0, 0.05) is 6.42 Å².